The van der Waals surface area contributed by atoms with E-state index < -0.39 is 5.97 Å². The van der Waals surface area contributed by atoms with E-state index in [9.17, 15) is 19.1 Å². The van der Waals surface area contributed by atoms with Crippen molar-refractivity contribution >= 4 is 23.3 Å². The van der Waals surface area contributed by atoms with Crippen molar-refractivity contribution in [3.8, 4) is 11.1 Å². The number of carboxylic acid groups (broad SMARTS) is 1. The highest BCUT2D eigenvalue weighted by atomic mass is 19.1. The molecule has 190 valence electrons. The van der Waals surface area contributed by atoms with Gasteiger partial charge >= 0.3 is 5.97 Å². The van der Waals surface area contributed by atoms with Crippen LogP contribution in [0.3, 0.4) is 0 Å². The van der Waals surface area contributed by atoms with Crippen LogP contribution < -0.4 is 10.6 Å². The molecule has 2 unspecified atom stereocenters. The van der Waals surface area contributed by atoms with Crippen molar-refractivity contribution in [3.05, 3.63) is 83.7 Å². The normalized spacial score (nSPS) is 12.6. The summed E-state index contributed by atoms with van der Waals surface area (Å²) in [6, 6.07) is 18.5. The van der Waals surface area contributed by atoms with Gasteiger partial charge in [0.05, 0.1) is 17.3 Å². The van der Waals surface area contributed by atoms with Crippen LogP contribution in [-0.2, 0) is 4.79 Å². The summed E-state index contributed by atoms with van der Waals surface area (Å²) in [4.78, 5) is 24.1. The van der Waals surface area contributed by atoms with Gasteiger partial charge in [-0.15, -0.1) is 0 Å². The summed E-state index contributed by atoms with van der Waals surface area (Å²) in [6.45, 7) is 6.03. The van der Waals surface area contributed by atoms with E-state index in [4.69, 9.17) is 0 Å². The molecule has 0 fully saturated rings. The molecule has 0 spiro atoms. The molecule has 36 heavy (non-hydrogen) atoms. The van der Waals surface area contributed by atoms with Crippen LogP contribution >= 0.6 is 0 Å². The number of halogens is 1. The molecule has 0 aliphatic heterocycles. The van der Waals surface area contributed by atoms with Gasteiger partial charge in [0, 0.05) is 17.2 Å². The molecule has 0 aromatic heterocycles. The van der Waals surface area contributed by atoms with Crippen molar-refractivity contribution in [1.29, 1.82) is 0 Å². The lowest BCUT2D eigenvalue weighted by Gasteiger charge is -2.19. The van der Waals surface area contributed by atoms with Gasteiger partial charge in [-0.3, -0.25) is 4.79 Å². The number of unbranched alkanes of at least 4 members (excludes halogenated alkanes) is 3. The zero-order valence-electron chi connectivity index (χ0n) is 21.2. The quantitative estimate of drug-likeness (QED) is 0.227. The second kappa shape index (κ2) is 12.9. The Kier molecular flexibility index (Phi) is 9.62. The van der Waals surface area contributed by atoms with Crippen molar-refractivity contribution in [1.82, 2.24) is 5.32 Å². The van der Waals surface area contributed by atoms with E-state index in [0.29, 0.717) is 22.5 Å². The molecule has 3 aromatic rings. The van der Waals surface area contributed by atoms with Gasteiger partial charge in [0.2, 0.25) is 5.91 Å². The minimum atomic E-state index is -1.01. The average molecular weight is 491 g/mol. The average Bonchev–Trinajstić information content (AvgIpc) is 2.87. The van der Waals surface area contributed by atoms with Crippen LogP contribution in [0.2, 0.25) is 0 Å². The Bertz CT molecular complexity index is 1180. The minimum absolute atomic E-state index is 0.0157. The fourth-order valence-electron chi connectivity index (χ4n) is 4.15. The van der Waals surface area contributed by atoms with Crippen molar-refractivity contribution in [3.63, 3.8) is 0 Å². The van der Waals surface area contributed by atoms with Gasteiger partial charge in [0.1, 0.15) is 5.82 Å². The highest BCUT2D eigenvalue weighted by Gasteiger charge is 2.17. The Labute approximate surface area is 212 Å². The number of carboxylic acids is 1. The monoisotopic (exact) mass is 490 g/mol. The topological polar surface area (TPSA) is 78.4 Å². The zero-order chi connectivity index (χ0) is 26.1. The van der Waals surface area contributed by atoms with Crippen LogP contribution in [0.4, 0.5) is 15.8 Å². The largest absolute Gasteiger partial charge is 0.478 e. The Morgan fingerprint density at radius 3 is 2.36 bits per heavy atom. The number of anilines is 2. The summed E-state index contributed by atoms with van der Waals surface area (Å²) in [5, 5.41) is 15.5. The third-order valence-electron chi connectivity index (χ3n) is 6.42. The van der Waals surface area contributed by atoms with E-state index in [0.717, 1.165) is 24.8 Å². The van der Waals surface area contributed by atoms with E-state index in [1.165, 1.54) is 25.0 Å². The Morgan fingerprint density at radius 1 is 0.944 bits per heavy atom. The lowest BCUT2D eigenvalue weighted by atomic mass is 9.98. The lowest BCUT2D eigenvalue weighted by molar-refractivity contribution is -0.125. The number of aromatic carboxylic acids is 1. The van der Waals surface area contributed by atoms with Crippen LogP contribution in [0.25, 0.3) is 11.1 Å². The first-order chi connectivity index (χ1) is 17.3. The van der Waals surface area contributed by atoms with Gasteiger partial charge in [-0.05, 0) is 60.9 Å². The molecule has 2 atom stereocenters. The fourth-order valence-corrected chi connectivity index (χ4v) is 4.15. The minimum Gasteiger partial charge on any atom is -0.478 e. The second-order valence-electron chi connectivity index (χ2n) is 9.27. The summed E-state index contributed by atoms with van der Waals surface area (Å²) in [5.41, 5.74) is 3.31. The summed E-state index contributed by atoms with van der Waals surface area (Å²) in [7, 11) is 0. The maximum Gasteiger partial charge on any atom is 0.337 e. The van der Waals surface area contributed by atoms with Crippen LogP contribution in [0.1, 0.15) is 74.8 Å². The van der Waals surface area contributed by atoms with Crippen molar-refractivity contribution in [2.45, 2.75) is 58.9 Å². The zero-order valence-corrected chi connectivity index (χ0v) is 21.2. The highest BCUT2D eigenvalue weighted by Crippen LogP contribution is 2.29. The SMILES string of the molecule is CCCCCCC(C)C(=O)NC(C)c1ccc(F)c(-c2ccc(Nc3ccccc3C(=O)O)cc2)c1. The second-order valence-corrected chi connectivity index (χ2v) is 9.27. The maximum atomic E-state index is 14.7. The smallest absolute Gasteiger partial charge is 0.337 e. The predicted molar refractivity (Wildman–Crippen MR) is 143 cm³/mol. The van der Waals surface area contributed by atoms with Crippen LogP contribution in [0.15, 0.2) is 66.7 Å². The number of amides is 1. The molecule has 5 nitrogen and oxygen atoms in total. The van der Waals surface area contributed by atoms with E-state index >= 15 is 0 Å². The number of benzene rings is 3. The van der Waals surface area contributed by atoms with Gasteiger partial charge in [-0.2, -0.15) is 0 Å². The molecule has 6 heteroatoms. The predicted octanol–water partition coefficient (Wildman–Crippen LogP) is 7.72. The van der Waals surface area contributed by atoms with E-state index in [2.05, 4.69) is 17.6 Å². The molecule has 0 radical (unpaired) electrons. The standard InChI is InChI=1S/C30H35FN2O3/c1-4-5-6-7-10-20(2)29(34)32-21(3)23-15-18-27(31)26(19-23)22-13-16-24(17-14-22)33-28-12-9-8-11-25(28)30(35)36/h8-9,11-21,33H,4-7,10H2,1-3H3,(H,32,34)(H,35,36). The molecule has 0 saturated carbocycles. The Balaban J connectivity index is 1.69. The number of hydrogen-bond donors (Lipinski definition) is 3. The molecule has 0 saturated heterocycles. The molecular weight excluding hydrogens is 455 g/mol. The number of carbonyl (C=O) groups is 2. The number of para-hydroxylation sites is 1. The van der Waals surface area contributed by atoms with Crippen LogP contribution in [0, 0.1) is 11.7 Å². The lowest BCUT2D eigenvalue weighted by Crippen LogP contribution is -2.31. The Hall–Kier alpha value is -3.67. The third-order valence-corrected chi connectivity index (χ3v) is 6.42. The maximum absolute atomic E-state index is 14.7. The van der Waals surface area contributed by atoms with Crippen molar-refractivity contribution in [2.75, 3.05) is 5.32 Å². The first kappa shape index (κ1) is 26.9. The number of hydrogen-bond acceptors (Lipinski definition) is 3. The van der Waals surface area contributed by atoms with Crippen molar-refractivity contribution in [2.24, 2.45) is 5.92 Å². The van der Waals surface area contributed by atoms with Crippen LogP contribution in [0.5, 0.6) is 0 Å². The van der Waals surface area contributed by atoms with Gasteiger partial charge < -0.3 is 15.7 Å². The van der Waals surface area contributed by atoms with E-state index in [1.54, 1.807) is 54.6 Å². The molecule has 0 aliphatic rings. The first-order valence-corrected chi connectivity index (χ1v) is 12.6. The summed E-state index contributed by atoms with van der Waals surface area (Å²) in [6.07, 6.45) is 5.42. The molecule has 0 heterocycles. The summed E-state index contributed by atoms with van der Waals surface area (Å²) in [5.74, 6) is -1.41. The van der Waals surface area contributed by atoms with Crippen LogP contribution in [-0.4, -0.2) is 17.0 Å². The molecule has 0 aliphatic carbocycles. The molecule has 1 amide bonds. The molecule has 0 bridgehead atoms. The number of nitrogens with one attached hydrogen (secondary N) is 2. The van der Waals surface area contributed by atoms with Gasteiger partial charge in [0.15, 0.2) is 0 Å². The molecule has 3 aromatic carbocycles. The first-order valence-electron chi connectivity index (χ1n) is 12.6. The van der Waals surface area contributed by atoms with E-state index in [1.807, 2.05) is 13.8 Å². The Morgan fingerprint density at radius 2 is 1.67 bits per heavy atom. The summed E-state index contributed by atoms with van der Waals surface area (Å²) >= 11 is 0. The van der Waals surface area contributed by atoms with Gasteiger partial charge in [0.25, 0.3) is 0 Å². The highest BCUT2D eigenvalue weighted by molar-refractivity contribution is 5.95. The van der Waals surface area contributed by atoms with Gasteiger partial charge in [-0.25, -0.2) is 9.18 Å². The van der Waals surface area contributed by atoms with Gasteiger partial charge in [-0.1, -0.05) is 69.9 Å². The molecule has 3 N–H and O–H groups in total. The number of rotatable bonds is 12. The molecule has 3 rings (SSSR count). The fraction of sp³-hybridized carbons (Fsp3) is 0.333. The molecular formula is C30H35FN2O3. The van der Waals surface area contributed by atoms with E-state index in [-0.39, 0.29) is 29.2 Å². The van der Waals surface area contributed by atoms with Crippen molar-refractivity contribution < 1.29 is 19.1 Å². The number of carbonyl (C=O) groups excluding carboxylic acids is 1. The third kappa shape index (κ3) is 7.17. The summed E-state index contributed by atoms with van der Waals surface area (Å²) < 4.78 is 14.7.